The fourth-order valence-electron chi connectivity index (χ4n) is 1.63. The van der Waals surface area contributed by atoms with Crippen LogP contribution in [0.1, 0.15) is 11.1 Å². The Labute approximate surface area is 121 Å². The van der Waals surface area contributed by atoms with E-state index in [0.29, 0.717) is 13.2 Å². The van der Waals surface area contributed by atoms with Crippen molar-refractivity contribution in [3.05, 3.63) is 63.2 Å². The molecule has 0 aromatic heterocycles. The van der Waals surface area contributed by atoms with E-state index in [1.54, 1.807) is 7.11 Å². The van der Waals surface area contributed by atoms with Crippen molar-refractivity contribution in [1.82, 2.24) is 0 Å². The van der Waals surface area contributed by atoms with Crippen LogP contribution in [0.2, 0.25) is 0 Å². The van der Waals surface area contributed by atoms with Crippen molar-refractivity contribution in [2.45, 2.75) is 13.2 Å². The lowest BCUT2D eigenvalue weighted by Gasteiger charge is -2.08. The monoisotopic (exact) mass is 354 g/mol. The molecule has 2 aromatic rings. The van der Waals surface area contributed by atoms with Crippen LogP contribution in [-0.2, 0) is 18.0 Å². The van der Waals surface area contributed by atoms with E-state index in [-0.39, 0.29) is 0 Å². The predicted octanol–water partition coefficient (Wildman–Crippen LogP) is 4.02. The summed E-state index contributed by atoms with van der Waals surface area (Å²) >= 11 is 2.30. The lowest BCUT2D eigenvalue weighted by molar-refractivity contribution is 0.106. The van der Waals surface area contributed by atoms with Crippen LogP contribution in [0.3, 0.4) is 0 Å². The van der Waals surface area contributed by atoms with E-state index in [2.05, 4.69) is 34.7 Å². The molecule has 0 aliphatic rings. The van der Waals surface area contributed by atoms with Gasteiger partial charge in [-0.1, -0.05) is 36.4 Å². The van der Waals surface area contributed by atoms with Crippen LogP contribution in [-0.4, -0.2) is 7.11 Å². The van der Waals surface area contributed by atoms with Crippen LogP contribution in [0.15, 0.2) is 48.5 Å². The molecule has 2 rings (SSSR count). The summed E-state index contributed by atoms with van der Waals surface area (Å²) in [4.78, 5) is 0. The highest BCUT2D eigenvalue weighted by Gasteiger charge is 2.02. The Kier molecular flexibility index (Phi) is 5.01. The third-order valence-corrected chi connectivity index (χ3v) is 3.63. The molecule has 0 atom stereocenters. The molecule has 0 aliphatic carbocycles. The van der Waals surface area contributed by atoms with E-state index >= 15 is 0 Å². The van der Waals surface area contributed by atoms with Gasteiger partial charge < -0.3 is 9.47 Å². The van der Waals surface area contributed by atoms with Crippen molar-refractivity contribution in [1.29, 1.82) is 0 Å². The van der Waals surface area contributed by atoms with Crippen LogP contribution in [0.5, 0.6) is 5.75 Å². The maximum atomic E-state index is 5.71. The zero-order chi connectivity index (χ0) is 12.8. The molecule has 0 aliphatic heterocycles. The minimum Gasteiger partial charge on any atom is -0.497 e. The van der Waals surface area contributed by atoms with Gasteiger partial charge in [-0.25, -0.2) is 0 Å². The Bertz CT molecular complexity index is 497. The van der Waals surface area contributed by atoms with E-state index in [4.69, 9.17) is 9.47 Å². The molecule has 0 heterocycles. The summed E-state index contributed by atoms with van der Waals surface area (Å²) in [5.41, 5.74) is 2.38. The summed E-state index contributed by atoms with van der Waals surface area (Å²) in [5.74, 6) is 0.881. The first-order valence-corrected chi connectivity index (χ1v) is 6.81. The molecule has 0 radical (unpaired) electrons. The largest absolute Gasteiger partial charge is 0.497 e. The number of methoxy groups -OCH3 is 1. The molecular weight excluding hydrogens is 339 g/mol. The van der Waals surface area contributed by atoms with Gasteiger partial charge in [0.15, 0.2) is 0 Å². The summed E-state index contributed by atoms with van der Waals surface area (Å²) in [5, 5.41) is 0. The maximum absolute atomic E-state index is 5.71. The Morgan fingerprint density at radius 3 is 2.44 bits per heavy atom. The zero-order valence-corrected chi connectivity index (χ0v) is 12.4. The molecular formula is C15H15IO2. The van der Waals surface area contributed by atoms with Gasteiger partial charge in [-0.05, 0) is 45.9 Å². The highest BCUT2D eigenvalue weighted by molar-refractivity contribution is 14.1. The first kappa shape index (κ1) is 13.4. The standard InChI is InChI=1S/C15H15IO2/c1-17-14-8-7-13(15(16)9-14)11-18-10-12-5-3-2-4-6-12/h2-9H,10-11H2,1H3. The van der Waals surface area contributed by atoms with Gasteiger partial charge in [-0.2, -0.15) is 0 Å². The van der Waals surface area contributed by atoms with Crippen LogP contribution < -0.4 is 4.74 Å². The topological polar surface area (TPSA) is 18.5 Å². The van der Waals surface area contributed by atoms with Gasteiger partial charge in [0, 0.05) is 3.57 Å². The molecule has 0 N–H and O–H groups in total. The van der Waals surface area contributed by atoms with Crippen molar-refractivity contribution in [2.24, 2.45) is 0 Å². The highest BCUT2D eigenvalue weighted by atomic mass is 127. The van der Waals surface area contributed by atoms with Crippen molar-refractivity contribution in [3.8, 4) is 5.75 Å². The summed E-state index contributed by atoms with van der Waals surface area (Å²) < 4.78 is 12.1. The number of halogens is 1. The lowest BCUT2D eigenvalue weighted by atomic mass is 10.2. The number of hydrogen-bond donors (Lipinski definition) is 0. The van der Waals surface area contributed by atoms with Crippen LogP contribution in [0.4, 0.5) is 0 Å². The first-order chi connectivity index (χ1) is 8.79. The van der Waals surface area contributed by atoms with Gasteiger partial charge >= 0.3 is 0 Å². The first-order valence-electron chi connectivity index (χ1n) is 5.73. The molecule has 0 amide bonds. The Balaban J connectivity index is 1.91. The average molecular weight is 354 g/mol. The third-order valence-electron chi connectivity index (χ3n) is 2.63. The summed E-state index contributed by atoms with van der Waals surface area (Å²) in [6.07, 6.45) is 0. The van der Waals surface area contributed by atoms with Crippen molar-refractivity contribution in [3.63, 3.8) is 0 Å². The van der Waals surface area contributed by atoms with Crippen LogP contribution in [0, 0.1) is 3.57 Å². The zero-order valence-electron chi connectivity index (χ0n) is 10.2. The van der Waals surface area contributed by atoms with E-state index in [9.17, 15) is 0 Å². The molecule has 0 spiro atoms. The second kappa shape index (κ2) is 6.75. The van der Waals surface area contributed by atoms with Gasteiger partial charge in [-0.15, -0.1) is 0 Å². The van der Waals surface area contributed by atoms with Crippen LogP contribution >= 0.6 is 22.6 Å². The summed E-state index contributed by atoms with van der Waals surface area (Å²) in [7, 11) is 1.68. The fourth-order valence-corrected chi connectivity index (χ4v) is 2.27. The molecule has 18 heavy (non-hydrogen) atoms. The van der Waals surface area contributed by atoms with E-state index in [0.717, 1.165) is 5.75 Å². The van der Waals surface area contributed by atoms with Crippen molar-refractivity contribution < 1.29 is 9.47 Å². The molecule has 0 fully saturated rings. The van der Waals surface area contributed by atoms with Gasteiger partial charge in [0.2, 0.25) is 0 Å². The Morgan fingerprint density at radius 2 is 1.78 bits per heavy atom. The SMILES string of the molecule is COc1ccc(COCc2ccccc2)c(I)c1. The number of hydrogen-bond acceptors (Lipinski definition) is 2. The highest BCUT2D eigenvalue weighted by Crippen LogP contribution is 2.20. The Morgan fingerprint density at radius 1 is 1.00 bits per heavy atom. The van der Waals surface area contributed by atoms with Crippen LogP contribution in [0.25, 0.3) is 0 Å². The molecule has 0 saturated carbocycles. The molecule has 0 unspecified atom stereocenters. The minimum atomic E-state index is 0.622. The van der Waals surface area contributed by atoms with E-state index in [1.807, 2.05) is 36.4 Å². The molecule has 0 bridgehead atoms. The molecule has 3 heteroatoms. The normalized spacial score (nSPS) is 10.3. The molecule has 2 aromatic carbocycles. The lowest BCUT2D eigenvalue weighted by Crippen LogP contribution is -1.96. The summed E-state index contributed by atoms with van der Waals surface area (Å²) in [6, 6.07) is 16.2. The van der Waals surface area contributed by atoms with Gasteiger partial charge in [0.05, 0.1) is 20.3 Å². The Hall–Kier alpha value is -1.07. The third kappa shape index (κ3) is 3.71. The number of benzene rings is 2. The van der Waals surface area contributed by atoms with Gasteiger partial charge in [0.1, 0.15) is 5.75 Å². The molecule has 2 nitrogen and oxygen atoms in total. The molecule has 94 valence electrons. The van der Waals surface area contributed by atoms with Crippen molar-refractivity contribution >= 4 is 22.6 Å². The van der Waals surface area contributed by atoms with E-state index < -0.39 is 0 Å². The quantitative estimate of drug-likeness (QED) is 0.756. The van der Waals surface area contributed by atoms with Gasteiger partial charge in [0.25, 0.3) is 0 Å². The number of ether oxygens (including phenoxy) is 2. The number of rotatable bonds is 5. The summed E-state index contributed by atoms with van der Waals surface area (Å²) in [6.45, 7) is 1.26. The molecule has 0 saturated heterocycles. The van der Waals surface area contributed by atoms with E-state index in [1.165, 1.54) is 14.7 Å². The average Bonchev–Trinajstić information content (AvgIpc) is 2.42. The minimum absolute atomic E-state index is 0.622. The van der Waals surface area contributed by atoms with Crippen molar-refractivity contribution in [2.75, 3.05) is 7.11 Å². The van der Waals surface area contributed by atoms with Gasteiger partial charge in [-0.3, -0.25) is 0 Å². The second-order valence-electron chi connectivity index (χ2n) is 3.94. The second-order valence-corrected chi connectivity index (χ2v) is 5.10. The maximum Gasteiger partial charge on any atom is 0.119 e. The smallest absolute Gasteiger partial charge is 0.119 e. The predicted molar refractivity (Wildman–Crippen MR) is 80.6 cm³/mol. The fraction of sp³-hybridized carbons (Fsp3) is 0.200.